The van der Waals surface area contributed by atoms with E-state index in [9.17, 15) is 18.3 Å². The molecule has 2 heterocycles. The van der Waals surface area contributed by atoms with Gasteiger partial charge in [0.05, 0.1) is 17.1 Å². The normalized spacial score (nSPS) is 15.4. The number of aliphatic hydroxyl groups is 1. The van der Waals surface area contributed by atoms with E-state index < -0.39 is 15.6 Å². The van der Waals surface area contributed by atoms with E-state index in [4.69, 9.17) is 0 Å². The van der Waals surface area contributed by atoms with Crippen LogP contribution in [0.3, 0.4) is 0 Å². The monoisotopic (exact) mass is 421 g/mol. The van der Waals surface area contributed by atoms with Gasteiger partial charge in [0.15, 0.2) is 0 Å². The van der Waals surface area contributed by atoms with Crippen LogP contribution in [0, 0.1) is 13.8 Å². The number of hydrogen-bond donors (Lipinski definition) is 2. The highest BCUT2D eigenvalue weighted by atomic mass is 32.2. The molecule has 0 unspecified atom stereocenters. The molecular weight excluding hydrogens is 394 g/mol. The third-order valence-electron chi connectivity index (χ3n) is 4.99. The minimum Gasteiger partial charge on any atom is -0.384 e. The quantitative estimate of drug-likeness (QED) is 0.685. The van der Waals surface area contributed by atoms with E-state index in [0.29, 0.717) is 24.3 Å². The zero-order chi connectivity index (χ0) is 21.4. The lowest BCUT2D eigenvalue weighted by Gasteiger charge is -2.39. The lowest BCUT2D eigenvalue weighted by molar-refractivity contribution is -0.137. The Hall–Kier alpha value is -2.30. The first kappa shape index (κ1) is 21.4. The summed E-state index contributed by atoms with van der Waals surface area (Å²) in [4.78, 5) is 14.2. The molecule has 0 atom stereocenters. The predicted octanol–water partition coefficient (Wildman–Crippen LogP) is 0.874. The van der Waals surface area contributed by atoms with E-state index >= 15 is 0 Å². The molecule has 0 bridgehead atoms. The summed E-state index contributed by atoms with van der Waals surface area (Å²) in [5, 5.41) is 17.9. The van der Waals surface area contributed by atoms with Crippen LogP contribution in [0.25, 0.3) is 0 Å². The van der Waals surface area contributed by atoms with Crippen LogP contribution >= 0.6 is 0 Å². The topological polar surface area (TPSA) is 117 Å². The zero-order valence-corrected chi connectivity index (χ0v) is 17.9. The van der Waals surface area contributed by atoms with Gasteiger partial charge in [-0.15, -0.1) is 5.10 Å². The SMILES string of the molecule is Cc1ccc(C)c(S(=O)(=O)NCCC(=O)N2CC(n3cc(C(C)(C)O)nn3)C2)c1. The molecule has 1 amide bonds. The van der Waals surface area contributed by atoms with Crippen LogP contribution in [-0.2, 0) is 20.4 Å². The van der Waals surface area contributed by atoms with Gasteiger partial charge in [0.25, 0.3) is 0 Å². The van der Waals surface area contributed by atoms with Gasteiger partial charge < -0.3 is 10.0 Å². The molecule has 1 aliphatic rings. The lowest BCUT2D eigenvalue weighted by Crippen LogP contribution is -2.51. The van der Waals surface area contributed by atoms with E-state index in [1.54, 1.807) is 48.7 Å². The fraction of sp³-hybridized carbons (Fsp3) is 0.526. The van der Waals surface area contributed by atoms with Crippen molar-refractivity contribution in [1.82, 2.24) is 24.6 Å². The van der Waals surface area contributed by atoms with E-state index in [-0.39, 0.29) is 29.8 Å². The molecule has 1 fully saturated rings. The fourth-order valence-electron chi connectivity index (χ4n) is 3.09. The van der Waals surface area contributed by atoms with E-state index in [1.165, 1.54) is 0 Å². The van der Waals surface area contributed by atoms with Crippen molar-refractivity contribution in [2.45, 2.75) is 50.7 Å². The number of carbonyl (C=O) groups is 1. The molecule has 29 heavy (non-hydrogen) atoms. The summed E-state index contributed by atoms with van der Waals surface area (Å²) in [5.41, 5.74) is 0.936. The molecule has 158 valence electrons. The first-order valence-corrected chi connectivity index (χ1v) is 10.9. The van der Waals surface area contributed by atoms with Crippen molar-refractivity contribution < 1.29 is 18.3 Å². The molecule has 1 aliphatic heterocycles. The molecular formula is C19H27N5O4S. The predicted molar refractivity (Wildman–Crippen MR) is 107 cm³/mol. The van der Waals surface area contributed by atoms with Gasteiger partial charge in [-0.3, -0.25) is 4.79 Å². The maximum Gasteiger partial charge on any atom is 0.240 e. The summed E-state index contributed by atoms with van der Waals surface area (Å²) in [5.74, 6) is -0.118. The smallest absolute Gasteiger partial charge is 0.240 e. The Morgan fingerprint density at radius 3 is 2.62 bits per heavy atom. The minimum atomic E-state index is -3.66. The average molecular weight is 422 g/mol. The molecule has 2 aromatic rings. The number of benzene rings is 1. The summed E-state index contributed by atoms with van der Waals surface area (Å²) in [7, 11) is -3.66. The maximum atomic E-state index is 12.5. The molecule has 1 saturated heterocycles. The zero-order valence-electron chi connectivity index (χ0n) is 17.1. The summed E-state index contributed by atoms with van der Waals surface area (Å²) < 4.78 is 29.1. The van der Waals surface area contributed by atoms with Crippen molar-refractivity contribution in [3.05, 3.63) is 41.2 Å². The second-order valence-corrected chi connectivity index (χ2v) is 9.75. The molecule has 9 nitrogen and oxygen atoms in total. The van der Waals surface area contributed by atoms with Crippen molar-refractivity contribution in [3.63, 3.8) is 0 Å². The molecule has 1 aromatic carbocycles. The number of amides is 1. The Kier molecular flexibility index (Phi) is 5.79. The van der Waals surface area contributed by atoms with Crippen molar-refractivity contribution in [2.24, 2.45) is 0 Å². The van der Waals surface area contributed by atoms with Crippen LogP contribution in [-0.4, -0.2) is 59.0 Å². The first-order chi connectivity index (χ1) is 13.5. The van der Waals surface area contributed by atoms with Crippen LogP contribution in [0.15, 0.2) is 29.3 Å². The molecule has 2 N–H and O–H groups in total. The van der Waals surface area contributed by atoms with E-state index in [1.807, 2.05) is 13.0 Å². The Balaban J connectivity index is 1.49. The largest absolute Gasteiger partial charge is 0.384 e. The van der Waals surface area contributed by atoms with Crippen LogP contribution in [0.4, 0.5) is 0 Å². The summed E-state index contributed by atoms with van der Waals surface area (Å²) >= 11 is 0. The fourth-order valence-corrected chi connectivity index (χ4v) is 4.45. The minimum absolute atomic E-state index is 0.00850. The van der Waals surface area contributed by atoms with Gasteiger partial charge in [-0.05, 0) is 44.9 Å². The Labute approximate surface area is 170 Å². The van der Waals surface area contributed by atoms with Crippen LogP contribution in [0.1, 0.15) is 43.1 Å². The number of likely N-dealkylation sites (tertiary alicyclic amines) is 1. The number of carbonyl (C=O) groups excluding carboxylic acids is 1. The highest BCUT2D eigenvalue weighted by Gasteiger charge is 2.33. The van der Waals surface area contributed by atoms with Gasteiger partial charge >= 0.3 is 0 Å². The number of nitrogens with zero attached hydrogens (tertiary/aromatic N) is 4. The summed E-state index contributed by atoms with van der Waals surface area (Å²) in [6, 6.07) is 5.26. The summed E-state index contributed by atoms with van der Waals surface area (Å²) in [6.45, 7) is 7.86. The first-order valence-electron chi connectivity index (χ1n) is 9.47. The standard InChI is InChI=1S/C19H27N5O4S/c1-13-5-6-14(2)16(9-13)29(27,28)20-8-7-18(25)23-10-15(11-23)24-12-17(21-22-24)19(3,4)26/h5-6,9,12,15,20,26H,7-8,10-11H2,1-4H3. The molecule has 0 saturated carbocycles. The number of rotatable bonds is 7. The van der Waals surface area contributed by atoms with Crippen molar-refractivity contribution in [3.8, 4) is 0 Å². The number of nitrogens with one attached hydrogen (secondary N) is 1. The van der Waals surface area contributed by atoms with Gasteiger partial charge in [0, 0.05) is 26.1 Å². The number of aryl methyl sites for hydroxylation is 2. The van der Waals surface area contributed by atoms with Gasteiger partial charge in [0.1, 0.15) is 11.3 Å². The number of aromatic nitrogens is 3. The second kappa shape index (κ2) is 7.85. The van der Waals surface area contributed by atoms with Gasteiger partial charge in [-0.1, -0.05) is 17.3 Å². The summed E-state index contributed by atoms with van der Waals surface area (Å²) in [6.07, 6.45) is 1.77. The van der Waals surface area contributed by atoms with Crippen molar-refractivity contribution >= 4 is 15.9 Å². The second-order valence-electron chi connectivity index (χ2n) is 8.01. The van der Waals surface area contributed by atoms with E-state index in [2.05, 4.69) is 15.0 Å². The Morgan fingerprint density at radius 2 is 2.00 bits per heavy atom. The third kappa shape index (κ3) is 4.82. The molecule has 0 spiro atoms. The van der Waals surface area contributed by atoms with E-state index in [0.717, 1.165) is 5.56 Å². The van der Waals surface area contributed by atoms with Crippen LogP contribution in [0.2, 0.25) is 0 Å². The lowest BCUT2D eigenvalue weighted by atomic mass is 10.1. The van der Waals surface area contributed by atoms with Crippen molar-refractivity contribution in [2.75, 3.05) is 19.6 Å². The van der Waals surface area contributed by atoms with Crippen LogP contribution < -0.4 is 4.72 Å². The molecule has 10 heteroatoms. The molecule has 3 rings (SSSR count). The molecule has 0 radical (unpaired) electrons. The average Bonchev–Trinajstić information content (AvgIpc) is 3.05. The third-order valence-corrected chi connectivity index (χ3v) is 6.59. The van der Waals surface area contributed by atoms with Crippen LogP contribution in [0.5, 0.6) is 0 Å². The highest BCUT2D eigenvalue weighted by Crippen LogP contribution is 2.24. The molecule has 1 aromatic heterocycles. The van der Waals surface area contributed by atoms with Gasteiger partial charge in [-0.25, -0.2) is 17.8 Å². The number of sulfonamides is 1. The van der Waals surface area contributed by atoms with Gasteiger partial charge in [-0.2, -0.15) is 0 Å². The maximum absolute atomic E-state index is 12.5. The molecule has 0 aliphatic carbocycles. The Morgan fingerprint density at radius 1 is 1.31 bits per heavy atom. The highest BCUT2D eigenvalue weighted by molar-refractivity contribution is 7.89. The number of hydrogen-bond acceptors (Lipinski definition) is 6. The van der Waals surface area contributed by atoms with Crippen molar-refractivity contribution in [1.29, 1.82) is 0 Å². The van der Waals surface area contributed by atoms with Gasteiger partial charge in [0.2, 0.25) is 15.9 Å². The Bertz CT molecular complexity index is 1000.